The summed E-state index contributed by atoms with van der Waals surface area (Å²) >= 11 is 0.904. The highest BCUT2D eigenvalue weighted by Crippen LogP contribution is 2.13. The van der Waals surface area contributed by atoms with Gasteiger partial charge in [-0.25, -0.2) is 8.78 Å². The number of hydrogen-bond donors (Lipinski definition) is 1. The molecule has 2 aromatic heterocycles. The summed E-state index contributed by atoms with van der Waals surface area (Å²) in [6.45, 7) is -0.750. The molecular weight excluding hydrogens is 278 g/mol. The van der Waals surface area contributed by atoms with Gasteiger partial charge in [-0.3, -0.25) is 4.79 Å². The molecule has 0 saturated heterocycles. The molecule has 0 atom stereocenters. The topological polar surface area (TPSA) is 77.0 Å². The molecule has 0 spiro atoms. The van der Waals surface area contributed by atoms with Gasteiger partial charge in [-0.05, 0) is 6.07 Å². The first-order chi connectivity index (χ1) is 9.15. The van der Waals surface area contributed by atoms with Crippen LogP contribution < -0.4 is 10.1 Å². The Kier molecular flexibility index (Phi) is 4.29. The smallest absolute Gasteiger partial charge is 0.278 e. The monoisotopic (exact) mass is 286 g/mol. The molecule has 0 aliphatic carbocycles. The lowest BCUT2D eigenvalue weighted by molar-refractivity contribution is 0.0796. The van der Waals surface area contributed by atoms with Crippen LogP contribution in [0.1, 0.15) is 10.5 Å². The maximum absolute atomic E-state index is 12.0. The van der Waals surface area contributed by atoms with Crippen LogP contribution in [0.3, 0.4) is 0 Å². The number of anilines is 1. The second-order valence-corrected chi connectivity index (χ2v) is 3.87. The van der Waals surface area contributed by atoms with E-state index in [1.165, 1.54) is 24.4 Å². The molecule has 0 aliphatic rings. The number of ether oxygens (including phenoxy) is 1. The number of pyridine rings is 1. The number of rotatable bonds is 5. The summed E-state index contributed by atoms with van der Waals surface area (Å²) < 4.78 is 36.1. The Morgan fingerprint density at radius 3 is 3.00 bits per heavy atom. The Bertz CT molecular complexity index is 550. The quantitative estimate of drug-likeness (QED) is 0.907. The van der Waals surface area contributed by atoms with Gasteiger partial charge in [0.05, 0.1) is 17.9 Å². The number of alkyl halides is 2. The fourth-order valence-electron chi connectivity index (χ4n) is 1.16. The molecule has 0 aromatic carbocycles. The summed E-state index contributed by atoms with van der Waals surface area (Å²) in [4.78, 5) is 15.5. The lowest BCUT2D eigenvalue weighted by atomic mass is 10.4. The van der Waals surface area contributed by atoms with Gasteiger partial charge in [-0.15, -0.1) is 0 Å². The van der Waals surface area contributed by atoms with Crippen molar-refractivity contribution in [2.24, 2.45) is 0 Å². The van der Waals surface area contributed by atoms with Crippen LogP contribution in [-0.2, 0) is 0 Å². The highest BCUT2D eigenvalue weighted by atomic mass is 32.1. The van der Waals surface area contributed by atoms with Crippen LogP contribution in [0.2, 0.25) is 0 Å². The van der Waals surface area contributed by atoms with Crippen LogP contribution >= 0.6 is 11.7 Å². The molecule has 9 heteroatoms. The van der Waals surface area contributed by atoms with E-state index in [1.54, 1.807) is 0 Å². The fourth-order valence-corrected chi connectivity index (χ4v) is 1.57. The number of aromatic nitrogens is 3. The fraction of sp³-hybridized carbons (Fsp3) is 0.200. The molecular formula is C10H8F2N4O2S. The summed E-state index contributed by atoms with van der Waals surface area (Å²) in [5, 5.41) is 2.46. The summed E-state index contributed by atoms with van der Waals surface area (Å²) in [6, 6.07) is 4.46. The van der Waals surface area contributed by atoms with Gasteiger partial charge < -0.3 is 10.1 Å². The van der Waals surface area contributed by atoms with E-state index in [1.807, 2.05) is 0 Å². The third-order valence-corrected chi connectivity index (χ3v) is 2.39. The molecule has 2 aromatic rings. The second kappa shape index (κ2) is 6.14. The molecule has 0 radical (unpaired) electrons. The van der Waals surface area contributed by atoms with Gasteiger partial charge in [0, 0.05) is 6.07 Å². The highest BCUT2D eigenvalue weighted by Gasteiger charge is 2.10. The van der Waals surface area contributed by atoms with E-state index in [9.17, 15) is 13.6 Å². The Morgan fingerprint density at radius 2 is 2.32 bits per heavy atom. The van der Waals surface area contributed by atoms with Crippen molar-refractivity contribution in [2.75, 3.05) is 11.9 Å². The van der Waals surface area contributed by atoms with Crippen molar-refractivity contribution in [2.45, 2.75) is 6.43 Å². The van der Waals surface area contributed by atoms with Crippen molar-refractivity contribution in [3.8, 4) is 5.88 Å². The predicted octanol–water partition coefficient (Wildman–Crippen LogP) is 1.83. The van der Waals surface area contributed by atoms with Crippen LogP contribution in [0.4, 0.5) is 14.6 Å². The summed E-state index contributed by atoms with van der Waals surface area (Å²) in [7, 11) is 0. The van der Waals surface area contributed by atoms with E-state index in [-0.39, 0.29) is 17.4 Å². The minimum absolute atomic E-state index is 0.00880. The van der Waals surface area contributed by atoms with Gasteiger partial charge in [0.25, 0.3) is 12.3 Å². The summed E-state index contributed by atoms with van der Waals surface area (Å²) in [5.74, 6) is -0.286. The Hall–Kier alpha value is -2.16. The minimum atomic E-state index is -2.58. The maximum Gasteiger partial charge on any atom is 0.278 e. The molecule has 0 fully saturated rings. The normalized spacial score (nSPS) is 10.5. The number of hydrogen-bond acceptors (Lipinski definition) is 6. The Labute approximate surface area is 110 Å². The Balaban J connectivity index is 2.01. The van der Waals surface area contributed by atoms with Crippen LogP contribution in [0.15, 0.2) is 24.4 Å². The molecule has 0 bridgehead atoms. The van der Waals surface area contributed by atoms with E-state index < -0.39 is 18.9 Å². The van der Waals surface area contributed by atoms with Crippen LogP contribution in [0.5, 0.6) is 5.88 Å². The molecule has 2 heterocycles. The zero-order valence-electron chi connectivity index (χ0n) is 9.42. The van der Waals surface area contributed by atoms with Crippen molar-refractivity contribution in [1.29, 1.82) is 0 Å². The van der Waals surface area contributed by atoms with E-state index in [0.717, 1.165) is 11.7 Å². The van der Waals surface area contributed by atoms with Gasteiger partial charge in [0.1, 0.15) is 5.82 Å². The number of nitrogens with zero attached hydrogens (tertiary/aromatic N) is 3. The SMILES string of the molecule is O=C(Nc1cccc(OCC(F)F)n1)c1cnsn1. The van der Waals surface area contributed by atoms with Crippen molar-refractivity contribution < 1.29 is 18.3 Å². The molecule has 0 saturated carbocycles. The van der Waals surface area contributed by atoms with Crippen molar-refractivity contribution >= 4 is 23.5 Å². The zero-order valence-corrected chi connectivity index (χ0v) is 10.2. The first kappa shape index (κ1) is 13.3. The van der Waals surface area contributed by atoms with E-state index in [2.05, 4.69) is 19.0 Å². The van der Waals surface area contributed by atoms with Gasteiger partial charge in [-0.2, -0.15) is 13.7 Å². The molecule has 6 nitrogen and oxygen atoms in total. The minimum Gasteiger partial charge on any atom is -0.472 e. The van der Waals surface area contributed by atoms with E-state index >= 15 is 0 Å². The molecule has 1 N–H and O–H groups in total. The van der Waals surface area contributed by atoms with Gasteiger partial charge in [0.2, 0.25) is 5.88 Å². The van der Waals surface area contributed by atoms with Crippen LogP contribution in [-0.4, -0.2) is 32.7 Å². The predicted molar refractivity (Wildman–Crippen MR) is 63.6 cm³/mol. The van der Waals surface area contributed by atoms with Gasteiger partial charge in [-0.1, -0.05) is 6.07 Å². The molecule has 0 aliphatic heterocycles. The lowest BCUT2D eigenvalue weighted by Gasteiger charge is -2.06. The number of halogens is 2. The van der Waals surface area contributed by atoms with Gasteiger partial charge in [0.15, 0.2) is 12.3 Å². The van der Waals surface area contributed by atoms with Crippen molar-refractivity contribution in [3.63, 3.8) is 0 Å². The molecule has 2 rings (SSSR count). The molecule has 19 heavy (non-hydrogen) atoms. The Morgan fingerprint density at radius 1 is 1.47 bits per heavy atom. The number of nitrogens with one attached hydrogen (secondary N) is 1. The van der Waals surface area contributed by atoms with E-state index in [0.29, 0.717) is 0 Å². The van der Waals surface area contributed by atoms with Crippen molar-refractivity contribution in [3.05, 3.63) is 30.1 Å². The molecule has 100 valence electrons. The maximum atomic E-state index is 12.0. The first-order valence-corrected chi connectivity index (χ1v) is 5.85. The average Bonchev–Trinajstić information content (AvgIpc) is 2.91. The van der Waals surface area contributed by atoms with Gasteiger partial charge >= 0.3 is 0 Å². The molecule has 1 amide bonds. The lowest BCUT2D eigenvalue weighted by Crippen LogP contribution is -2.14. The molecule has 0 unspecified atom stereocenters. The number of carbonyl (C=O) groups excluding carboxylic acids is 1. The summed E-state index contributed by atoms with van der Waals surface area (Å²) in [5.41, 5.74) is 0.158. The number of amides is 1. The van der Waals surface area contributed by atoms with Crippen molar-refractivity contribution in [1.82, 2.24) is 13.7 Å². The average molecular weight is 286 g/mol. The van der Waals surface area contributed by atoms with Crippen LogP contribution in [0, 0.1) is 0 Å². The third-order valence-electron chi connectivity index (χ3n) is 1.92. The van der Waals surface area contributed by atoms with Crippen LogP contribution in [0.25, 0.3) is 0 Å². The van der Waals surface area contributed by atoms with E-state index in [4.69, 9.17) is 4.74 Å². The zero-order chi connectivity index (χ0) is 13.7. The second-order valence-electron chi connectivity index (χ2n) is 3.31. The first-order valence-electron chi connectivity index (χ1n) is 5.12. The largest absolute Gasteiger partial charge is 0.472 e. The number of carbonyl (C=O) groups is 1. The third kappa shape index (κ3) is 3.91. The summed E-state index contributed by atoms with van der Waals surface area (Å²) in [6.07, 6.45) is -1.27. The highest BCUT2D eigenvalue weighted by molar-refractivity contribution is 6.99. The standard InChI is InChI=1S/C10H8F2N4O2S/c11-7(12)5-18-9-3-1-2-8(14-9)15-10(17)6-4-13-19-16-6/h1-4,7H,5H2,(H,14,15,17).